The van der Waals surface area contributed by atoms with Gasteiger partial charge < -0.3 is 9.80 Å². The molecule has 0 atom stereocenters. The van der Waals surface area contributed by atoms with Crippen LogP contribution in [0.2, 0.25) is 0 Å². The fourth-order valence-corrected chi connectivity index (χ4v) is 1.76. The van der Waals surface area contributed by atoms with Gasteiger partial charge in [-0.1, -0.05) is 6.92 Å². The van der Waals surface area contributed by atoms with E-state index in [2.05, 4.69) is 24.5 Å². The van der Waals surface area contributed by atoms with E-state index in [0.29, 0.717) is 12.2 Å². The zero-order valence-corrected chi connectivity index (χ0v) is 10.3. The van der Waals surface area contributed by atoms with Crippen molar-refractivity contribution in [3.05, 3.63) is 0 Å². The molecule has 0 N–H and O–H groups in total. The highest BCUT2D eigenvalue weighted by atomic mass is 35.5. The summed E-state index contributed by atoms with van der Waals surface area (Å²) >= 11 is 4.06. The molecule has 0 aromatic heterocycles. The van der Waals surface area contributed by atoms with Gasteiger partial charge in [-0.3, -0.25) is 4.79 Å². The predicted molar refractivity (Wildman–Crippen MR) is 64.4 cm³/mol. The fourth-order valence-electron chi connectivity index (χ4n) is 1.57. The normalized spacial score (nSPS) is 17.7. The predicted octanol–water partition coefficient (Wildman–Crippen LogP) is 0.892. The van der Waals surface area contributed by atoms with Crippen LogP contribution in [0.1, 0.15) is 13.3 Å². The molecule has 3 nitrogen and oxygen atoms in total. The lowest BCUT2D eigenvalue weighted by Gasteiger charge is -2.34. The third-order valence-corrected chi connectivity index (χ3v) is 2.72. The zero-order chi connectivity index (χ0) is 9.68. The van der Waals surface area contributed by atoms with E-state index in [0.717, 1.165) is 32.7 Å². The van der Waals surface area contributed by atoms with Crippen LogP contribution in [0.3, 0.4) is 0 Å². The first-order valence-electron chi connectivity index (χ1n) is 4.89. The van der Waals surface area contributed by atoms with Gasteiger partial charge in [-0.15, -0.1) is 12.4 Å². The first kappa shape index (κ1) is 14.1. The van der Waals surface area contributed by atoms with Gasteiger partial charge in [0.25, 0.3) is 0 Å². The lowest BCUT2D eigenvalue weighted by molar-refractivity contribution is -0.132. The van der Waals surface area contributed by atoms with E-state index >= 15 is 0 Å². The Kier molecular flexibility index (Phi) is 7.41. The van der Waals surface area contributed by atoms with Gasteiger partial charge in [-0.05, 0) is 12.3 Å². The van der Waals surface area contributed by atoms with Crippen molar-refractivity contribution < 1.29 is 4.79 Å². The molecule has 0 bridgehead atoms. The molecule has 1 amide bonds. The van der Waals surface area contributed by atoms with Crippen molar-refractivity contribution >= 4 is 30.9 Å². The standard InChI is InChI=1S/C9H18N2OS.ClH/c1-2-10-4-6-11(7-5-10)9(12)3-8-13;/h13H,2-8H2,1H3;1H. The third kappa shape index (κ3) is 4.07. The van der Waals surface area contributed by atoms with Gasteiger partial charge >= 0.3 is 0 Å². The van der Waals surface area contributed by atoms with E-state index in [9.17, 15) is 4.79 Å². The van der Waals surface area contributed by atoms with E-state index in [-0.39, 0.29) is 18.3 Å². The maximum atomic E-state index is 11.5. The van der Waals surface area contributed by atoms with Gasteiger partial charge in [0.1, 0.15) is 0 Å². The summed E-state index contributed by atoms with van der Waals surface area (Å²) in [6.07, 6.45) is 0.579. The molecule has 5 heteroatoms. The molecule has 1 saturated heterocycles. The Balaban J connectivity index is 0.00000169. The van der Waals surface area contributed by atoms with Crippen molar-refractivity contribution in [2.75, 3.05) is 38.5 Å². The summed E-state index contributed by atoms with van der Waals surface area (Å²) in [5.74, 6) is 0.915. The van der Waals surface area contributed by atoms with Gasteiger partial charge in [-0.2, -0.15) is 12.6 Å². The van der Waals surface area contributed by atoms with Crippen molar-refractivity contribution in [3.8, 4) is 0 Å². The van der Waals surface area contributed by atoms with E-state index in [1.165, 1.54) is 0 Å². The second-order valence-electron chi connectivity index (χ2n) is 3.29. The molecule has 0 radical (unpaired) electrons. The third-order valence-electron chi connectivity index (χ3n) is 2.50. The molecular formula is C9H19ClN2OS. The molecule has 1 rings (SSSR count). The Bertz CT molecular complexity index is 172. The van der Waals surface area contributed by atoms with Crippen LogP contribution in [0.4, 0.5) is 0 Å². The molecule has 1 fully saturated rings. The van der Waals surface area contributed by atoms with Crippen LogP contribution in [0, 0.1) is 0 Å². The highest BCUT2D eigenvalue weighted by Gasteiger charge is 2.18. The summed E-state index contributed by atoms with van der Waals surface area (Å²) in [5, 5.41) is 0. The van der Waals surface area contributed by atoms with Crippen LogP contribution >= 0.6 is 25.0 Å². The Hall–Kier alpha value is 0.0700. The van der Waals surface area contributed by atoms with E-state index in [4.69, 9.17) is 0 Å². The molecule has 0 unspecified atom stereocenters. The summed E-state index contributed by atoms with van der Waals surface area (Å²) in [4.78, 5) is 15.8. The van der Waals surface area contributed by atoms with E-state index < -0.39 is 0 Å². The Morgan fingerprint density at radius 2 is 1.86 bits per heavy atom. The number of carbonyl (C=O) groups excluding carboxylic acids is 1. The summed E-state index contributed by atoms with van der Waals surface area (Å²) in [7, 11) is 0. The van der Waals surface area contributed by atoms with Gasteiger partial charge in [0, 0.05) is 32.6 Å². The minimum Gasteiger partial charge on any atom is -0.340 e. The number of nitrogens with zero attached hydrogens (tertiary/aromatic N) is 2. The average molecular weight is 239 g/mol. The second-order valence-corrected chi connectivity index (χ2v) is 3.74. The lowest BCUT2D eigenvalue weighted by atomic mass is 10.3. The van der Waals surface area contributed by atoms with Crippen LogP contribution < -0.4 is 0 Å². The summed E-state index contributed by atoms with van der Waals surface area (Å²) in [6.45, 7) is 7.07. The van der Waals surface area contributed by atoms with Gasteiger partial charge in [0.05, 0.1) is 0 Å². The van der Waals surface area contributed by atoms with Crippen LogP contribution in [-0.2, 0) is 4.79 Å². The van der Waals surface area contributed by atoms with Crippen molar-refractivity contribution in [2.24, 2.45) is 0 Å². The zero-order valence-electron chi connectivity index (χ0n) is 8.61. The number of amides is 1. The smallest absolute Gasteiger partial charge is 0.223 e. The van der Waals surface area contributed by atoms with Crippen molar-refractivity contribution in [2.45, 2.75) is 13.3 Å². The first-order chi connectivity index (χ1) is 6.27. The van der Waals surface area contributed by atoms with Crippen molar-refractivity contribution in [1.29, 1.82) is 0 Å². The Morgan fingerprint density at radius 1 is 1.29 bits per heavy atom. The van der Waals surface area contributed by atoms with E-state index in [1.54, 1.807) is 0 Å². The average Bonchev–Trinajstić information content (AvgIpc) is 2.18. The molecule has 0 aliphatic carbocycles. The van der Waals surface area contributed by atoms with Crippen molar-refractivity contribution in [1.82, 2.24) is 9.80 Å². The number of hydrogen-bond donors (Lipinski definition) is 1. The number of thiol groups is 1. The number of likely N-dealkylation sites (N-methyl/N-ethyl adjacent to an activating group) is 1. The summed E-state index contributed by atoms with van der Waals surface area (Å²) in [5.41, 5.74) is 0. The molecule has 84 valence electrons. The maximum Gasteiger partial charge on any atom is 0.223 e. The number of halogens is 1. The first-order valence-corrected chi connectivity index (χ1v) is 5.52. The molecule has 0 spiro atoms. The van der Waals surface area contributed by atoms with Crippen LogP contribution in [0.15, 0.2) is 0 Å². The Morgan fingerprint density at radius 3 is 2.29 bits per heavy atom. The number of rotatable bonds is 3. The van der Waals surface area contributed by atoms with Crippen LogP contribution in [-0.4, -0.2) is 54.2 Å². The fraction of sp³-hybridized carbons (Fsp3) is 0.889. The minimum atomic E-state index is 0. The summed E-state index contributed by atoms with van der Waals surface area (Å²) in [6, 6.07) is 0. The molecule has 0 aromatic carbocycles. The molecule has 14 heavy (non-hydrogen) atoms. The molecule has 1 aliphatic heterocycles. The van der Waals surface area contributed by atoms with Gasteiger partial charge in [0.2, 0.25) is 5.91 Å². The monoisotopic (exact) mass is 238 g/mol. The molecule has 1 heterocycles. The molecule has 0 aromatic rings. The molecule has 1 aliphatic rings. The highest BCUT2D eigenvalue weighted by molar-refractivity contribution is 7.80. The highest BCUT2D eigenvalue weighted by Crippen LogP contribution is 2.03. The van der Waals surface area contributed by atoms with Crippen LogP contribution in [0.5, 0.6) is 0 Å². The summed E-state index contributed by atoms with van der Waals surface area (Å²) < 4.78 is 0. The number of piperazine rings is 1. The second kappa shape index (κ2) is 7.37. The lowest BCUT2D eigenvalue weighted by Crippen LogP contribution is -2.48. The maximum absolute atomic E-state index is 11.5. The van der Waals surface area contributed by atoms with Gasteiger partial charge in [0.15, 0.2) is 0 Å². The topological polar surface area (TPSA) is 23.6 Å². The van der Waals surface area contributed by atoms with Crippen molar-refractivity contribution in [3.63, 3.8) is 0 Å². The molecule has 0 saturated carbocycles. The quantitative estimate of drug-likeness (QED) is 0.739. The molecular weight excluding hydrogens is 220 g/mol. The number of carbonyl (C=O) groups is 1. The SMILES string of the molecule is CCN1CCN(C(=O)CCS)CC1.Cl. The largest absolute Gasteiger partial charge is 0.340 e. The van der Waals surface area contributed by atoms with Gasteiger partial charge in [-0.25, -0.2) is 0 Å². The Labute approximate surface area is 97.6 Å². The minimum absolute atomic E-state index is 0. The number of hydrogen-bond acceptors (Lipinski definition) is 3. The van der Waals surface area contributed by atoms with E-state index in [1.807, 2.05) is 4.90 Å². The van der Waals surface area contributed by atoms with Crippen LogP contribution in [0.25, 0.3) is 0 Å².